The molecule has 7 nitrogen and oxygen atoms in total. The number of alkyl halides is 5. The summed E-state index contributed by atoms with van der Waals surface area (Å²) in [5, 5.41) is 21.0. The van der Waals surface area contributed by atoms with E-state index in [1.54, 1.807) is 0 Å². The molecule has 0 bridgehead atoms. The van der Waals surface area contributed by atoms with Crippen LogP contribution < -0.4 is 0 Å². The van der Waals surface area contributed by atoms with Crippen LogP contribution in [0.4, 0.5) is 33.3 Å². The van der Waals surface area contributed by atoms with Gasteiger partial charge in [0.15, 0.2) is 0 Å². The first-order chi connectivity index (χ1) is 9.39. The number of Topliss-reactive ketones (excluding diaryl/α,β-unsaturated/α-hetero) is 1. The lowest BCUT2D eigenvalue weighted by Gasteiger charge is -2.17. The van der Waals surface area contributed by atoms with Gasteiger partial charge in [0.2, 0.25) is 5.78 Å². The Morgan fingerprint density at radius 2 is 1.43 bits per heavy atom. The van der Waals surface area contributed by atoms with Crippen LogP contribution in [0.2, 0.25) is 0 Å². The fourth-order valence-electron chi connectivity index (χ4n) is 1.28. The molecule has 0 aliphatic rings. The van der Waals surface area contributed by atoms with E-state index in [0.717, 1.165) is 0 Å². The Morgan fingerprint density at radius 3 is 1.81 bits per heavy atom. The van der Waals surface area contributed by atoms with Gasteiger partial charge < -0.3 is 0 Å². The van der Waals surface area contributed by atoms with Gasteiger partial charge in [-0.25, -0.2) is 0 Å². The molecule has 1 aromatic carbocycles. The van der Waals surface area contributed by atoms with Gasteiger partial charge in [0.05, 0.1) is 9.85 Å². The van der Waals surface area contributed by atoms with Crippen molar-refractivity contribution in [2.45, 2.75) is 12.1 Å². The van der Waals surface area contributed by atoms with Crippen molar-refractivity contribution >= 4 is 17.2 Å². The number of nitrogens with zero attached hydrogens (tertiary/aromatic N) is 2. The summed E-state index contributed by atoms with van der Waals surface area (Å²) < 4.78 is 61.7. The predicted molar refractivity (Wildman–Crippen MR) is 55.1 cm³/mol. The standard InChI is InChI=1S/C9H3F5N2O5/c10-8(11,9(12,13)14)7(17)4-1-2-5(15(18)19)6(3-4)16(20)21/h1-3H. The van der Waals surface area contributed by atoms with Gasteiger partial charge in [0.1, 0.15) is 0 Å². The molecular formula is C9H3F5N2O5. The zero-order valence-corrected chi connectivity index (χ0v) is 9.56. The maximum absolute atomic E-state index is 12.8. The topological polar surface area (TPSA) is 103 Å². The lowest BCUT2D eigenvalue weighted by molar-refractivity contribution is -0.422. The first kappa shape index (κ1) is 16.4. The van der Waals surface area contributed by atoms with Gasteiger partial charge in [0.25, 0.3) is 0 Å². The minimum absolute atomic E-state index is 0.000116. The molecule has 0 atom stereocenters. The Hall–Kier alpha value is -2.66. The van der Waals surface area contributed by atoms with Gasteiger partial charge in [-0.1, -0.05) is 0 Å². The molecule has 21 heavy (non-hydrogen) atoms. The van der Waals surface area contributed by atoms with Gasteiger partial charge in [-0.15, -0.1) is 0 Å². The van der Waals surface area contributed by atoms with Crippen molar-refractivity contribution in [1.29, 1.82) is 0 Å². The Morgan fingerprint density at radius 1 is 0.952 bits per heavy atom. The average Bonchev–Trinajstić information content (AvgIpc) is 2.35. The molecule has 0 saturated heterocycles. The normalized spacial score (nSPS) is 12.0. The smallest absolute Gasteiger partial charge is 0.287 e. The van der Waals surface area contributed by atoms with Crippen molar-refractivity contribution in [2.75, 3.05) is 0 Å². The van der Waals surface area contributed by atoms with E-state index in [9.17, 15) is 47.0 Å². The molecule has 0 aromatic heterocycles. The summed E-state index contributed by atoms with van der Waals surface area (Å²) in [5.41, 5.74) is -3.88. The van der Waals surface area contributed by atoms with Crippen LogP contribution >= 0.6 is 0 Å². The Labute approximate surface area is 111 Å². The number of nitro groups is 2. The summed E-state index contributed by atoms with van der Waals surface area (Å²) in [6.07, 6.45) is -6.19. The highest BCUT2D eigenvalue weighted by molar-refractivity contribution is 6.02. The maximum atomic E-state index is 12.8. The van der Waals surface area contributed by atoms with E-state index in [2.05, 4.69) is 0 Å². The molecule has 12 heteroatoms. The van der Waals surface area contributed by atoms with E-state index in [1.165, 1.54) is 0 Å². The number of hydrogen-bond donors (Lipinski definition) is 0. The van der Waals surface area contributed by atoms with E-state index < -0.39 is 44.7 Å². The lowest BCUT2D eigenvalue weighted by Crippen LogP contribution is -2.44. The molecular weight excluding hydrogens is 311 g/mol. The number of hydrogen-bond acceptors (Lipinski definition) is 5. The Kier molecular flexibility index (Phi) is 3.93. The van der Waals surface area contributed by atoms with Crippen LogP contribution in [0.5, 0.6) is 0 Å². The first-order valence-electron chi connectivity index (χ1n) is 4.81. The fraction of sp³-hybridized carbons (Fsp3) is 0.222. The Bertz CT molecular complexity index is 627. The van der Waals surface area contributed by atoms with E-state index in [4.69, 9.17) is 0 Å². The summed E-state index contributed by atoms with van der Waals surface area (Å²) in [4.78, 5) is 29.5. The Balaban J connectivity index is 3.41. The number of halogens is 5. The third-order valence-electron chi connectivity index (χ3n) is 2.27. The largest absolute Gasteiger partial charge is 0.461 e. The summed E-state index contributed by atoms with van der Waals surface area (Å²) in [7, 11) is 0. The van der Waals surface area contributed by atoms with Gasteiger partial charge in [-0.05, 0) is 6.07 Å². The minimum atomic E-state index is -6.19. The third kappa shape index (κ3) is 2.93. The summed E-state index contributed by atoms with van der Waals surface area (Å²) >= 11 is 0. The summed E-state index contributed by atoms with van der Waals surface area (Å²) in [5.74, 6) is -8.51. The molecule has 0 unspecified atom stereocenters. The molecule has 0 saturated carbocycles. The molecule has 0 aliphatic heterocycles. The van der Waals surface area contributed by atoms with Crippen molar-refractivity contribution in [3.8, 4) is 0 Å². The maximum Gasteiger partial charge on any atom is 0.461 e. The van der Waals surface area contributed by atoms with Crippen LogP contribution in [0.25, 0.3) is 0 Å². The van der Waals surface area contributed by atoms with E-state index in [-0.39, 0.29) is 12.1 Å². The minimum Gasteiger partial charge on any atom is -0.287 e. The van der Waals surface area contributed by atoms with Crippen LogP contribution in [0.15, 0.2) is 18.2 Å². The number of carbonyl (C=O) groups is 1. The van der Waals surface area contributed by atoms with Crippen LogP contribution in [0, 0.1) is 20.2 Å². The molecule has 114 valence electrons. The second kappa shape index (κ2) is 5.03. The summed E-state index contributed by atoms with van der Waals surface area (Å²) in [6, 6.07) is 0.588. The molecule has 0 fully saturated rings. The lowest BCUT2D eigenvalue weighted by atomic mass is 10.0. The highest BCUT2D eigenvalue weighted by atomic mass is 19.4. The third-order valence-corrected chi connectivity index (χ3v) is 2.27. The second-order valence-corrected chi connectivity index (χ2v) is 3.62. The van der Waals surface area contributed by atoms with Crippen molar-refractivity contribution < 1.29 is 36.6 Å². The number of benzene rings is 1. The van der Waals surface area contributed by atoms with E-state index >= 15 is 0 Å². The molecule has 0 aliphatic carbocycles. The number of rotatable bonds is 4. The number of carbonyl (C=O) groups excluding carboxylic acids is 1. The quantitative estimate of drug-likeness (QED) is 0.368. The average molecular weight is 314 g/mol. The van der Waals surface area contributed by atoms with Gasteiger partial charge >= 0.3 is 23.5 Å². The molecule has 0 spiro atoms. The molecule has 1 rings (SSSR count). The van der Waals surface area contributed by atoms with Crippen LogP contribution in [-0.2, 0) is 0 Å². The zero-order chi connectivity index (χ0) is 16.6. The van der Waals surface area contributed by atoms with Crippen LogP contribution in [0.3, 0.4) is 0 Å². The van der Waals surface area contributed by atoms with Gasteiger partial charge in [-0.2, -0.15) is 22.0 Å². The molecule has 1 aromatic rings. The highest BCUT2D eigenvalue weighted by Crippen LogP contribution is 2.39. The predicted octanol–water partition coefficient (Wildman–Crippen LogP) is 2.88. The number of nitro benzene ring substituents is 2. The van der Waals surface area contributed by atoms with Gasteiger partial charge in [0, 0.05) is 17.7 Å². The fourth-order valence-corrected chi connectivity index (χ4v) is 1.28. The molecule has 0 heterocycles. The van der Waals surface area contributed by atoms with Crippen molar-refractivity contribution in [1.82, 2.24) is 0 Å². The zero-order valence-electron chi connectivity index (χ0n) is 9.56. The molecule has 0 amide bonds. The van der Waals surface area contributed by atoms with Crippen LogP contribution in [-0.4, -0.2) is 27.7 Å². The van der Waals surface area contributed by atoms with Crippen molar-refractivity contribution in [3.05, 3.63) is 44.0 Å². The SMILES string of the molecule is O=C(c1ccc([N+](=O)[O-])c([N+](=O)[O-])c1)C(F)(F)C(F)(F)F. The summed E-state index contributed by atoms with van der Waals surface area (Å²) in [6.45, 7) is 0. The van der Waals surface area contributed by atoms with E-state index in [1.807, 2.05) is 0 Å². The molecule has 0 radical (unpaired) electrons. The van der Waals surface area contributed by atoms with E-state index in [0.29, 0.717) is 6.07 Å². The highest BCUT2D eigenvalue weighted by Gasteiger charge is 2.63. The van der Waals surface area contributed by atoms with Crippen molar-refractivity contribution in [3.63, 3.8) is 0 Å². The van der Waals surface area contributed by atoms with Crippen LogP contribution in [0.1, 0.15) is 10.4 Å². The monoisotopic (exact) mass is 314 g/mol. The molecule has 0 N–H and O–H groups in total. The second-order valence-electron chi connectivity index (χ2n) is 3.62. The van der Waals surface area contributed by atoms with Gasteiger partial charge in [-0.3, -0.25) is 25.0 Å². The first-order valence-corrected chi connectivity index (χ1v) is 4.81. The van der Waals surface area contributed by atoms with Crippen molar-refractivity contribution in [2.24, 2.45) is 0 Å². The number of ketones is 1.